The van der Waals surface area contributed by atoms with Crippen molar-refractivity contribution < 1.29 is 14.3 Å². The predicted octanol–water partition coefficient (Wildman–Crippen LogP) is 6.38. The topological polar surface area (TPSA) is 49.7 Å². The van der Waals surface area contributed by atoms with E-state index in [1.807, 2.05) is 48.6 Å². The van der Waals surface area contributed by atoms with E-state index in [-0.39, 0.29) is 0 Å². The monoisotopic (exact) mass is 404 g/mol. The quantitative estimate of drug-likeness (QED) is 0.338. The van der Waals surface area contributed by atoms with Crippen LogP contribution in [0, 0.1) is 6.92 Å². The first-order chi connectivity index (χ1) is 14.1. The highest BCUT2D eigenvalue weighted by Crippen LogP contribution is 2.46. The normalized spacial score (nSPS) is 10.8. The van der Waals surface area contributed by atoms with Crippen molar-refractivity contribution in [2.75, 3.05) is 0 Å². The van der Waals surface area contributed by atoms with Crippen molar-refractivity contribution in [1.29, 1.82) is 0 Å². The van der Waals surface area contributed by atoms with E-state index in [0.29, 0.717) is 12.2 Å². The molecule has 0 fully saturated rings. The van der Waals surface area contributed by atoms with Gasteiger partial charge in [-0.1, -0.05) is 66.7 Å². The molecule has 2 N–H and O–H groups in total. The molecule has 0 aliphatic carbocycles. The fourth-order valence-electron chi connectivity index (χ4n) is 3.66. The molecule has 0 aliphatic rings. The minimum atomic E-state index is -2.54. The summed E-state index contributed by atoms with van der Waals surface area (Å²) in [4.78, 5) is 19.2. The Morgan fingerprint density at radius 2 is 1.31 bits per heavy atom. The molecule has 3 nitrogen and oxygen atoms in total. The number of hydrogen-bond donors (Lipinski definition) is 2. The molecule has 3 aromatic carbocycles. The van der Waals surface area contributed by atoms with Crippen LogP contribution in [0.4, 0.5) is 0 Å². The Morgan fingerprint density at radius 1 is 0.793 bits per heavy atom. The molecule has 0 radical (unpaired) electrons. The maximum absolute atomic E-state index is 9.59. The van der Waals surface area contributed by atoms with Crippen LogP contribution >= 0.6 is 8.60 Å². The lowest BCUT2D eigenvalue weighted by molar-refractivity contribution is 0.375. The van der Waals surface area contributed by atoms with Crippen molar-refractivity contribution in [3.8, 4) is 28.0 Å². The second kappa shape index (κ2) is 9.67. The summed E-state index contributed by atoms with van der Waals surface area (Å²) in [6.07, 6.45) is 5.19. The van der Waals surface area contributed by atoms with Crippen molar-refractivity contribution in [2.45, 2.75) is 19.8 Å². The largest absolute Gasteiger partial charge is 0.426 e. The van der Waals surface area contributed by atoms with Crippen LogP contribution in [0.25, 0.3) is 22.3 Å². The fraction of sp³-hybridized carbons (Fsp3) is 0.120. The molecule has 3 rings (SSSR count). The maximum Gasteiger partial charge on any atom is 0.391 e. The lowest BCUT2D eigenvalue weighted by Crippen LogP contribution is -1.99. The Labute approximate surface area is 173 Å². The molecule has 0 saturated carbocycles. The fourth-order valence-corrected chi connectivity index (χ4v) is 3.99. The second-order valence-corrected chi connectivity index (χ2v) is 7.46. The molecule has 0 aromatic heterocycles. The third-order valence-corrected chi connectivity index (χ3v) is 5.22. The van der Waals surface area contributed by atoms with Crippen molar-refractivity contribution in [2.24, 2.45) is 0 Å². The van der Waals surface area contributed by atoms with Gasteiger partial charge in [0, 0.05) is 5.56 Å². The minimum Gasteiger partial charge on any atom is -0.426 e. The van der Waals surface area contributed by atoms with Crippen molar-refractivity contribution >= 4 is 8.60 Å². The van der Waals surface area contributed by atoms with E-state index in [2.05, 4.69) is 38.3 Å². The first-order valence-corrected chi connectivity index (χ1v) is 10.6. The number of rotatable bonds is 8. The van der Waals surface area contributed by atoms with Gasteiger partial charge in [0.1, 0.15) is 5.75 Å². The highest BCUT2D eigenvalue weighted by molar-refractivity contribution is 7.39. The smallest absolute Gasteiger partial charge is 0.391 e. The summed E-state index contributed by atoms with van der Waals surface area (Å²) < 4.78 is 5.48. The van der Waals surface area contributed by atoms with Crippen molar-refractivity contribution in [1.82, 2.24) is 0 Å². The van der Waals surface area contributed by atoms with Crippen LogP contribution in [0.5, 0.6) is 5.75 Å². The molecule has 29 heavy (non-hydrogen) atoms. The average molecular weight is 404 g/mol. The van der Waals surface area contributed by atoms with Crippen LogP contribution in [0.1, 0.15) is 16.7 Å². The minimum absolute atomic E-state index is 0.451. The Kier molecular flexibility index (Phi) is 7.00. The van der Waals surface area contributed by atoms with Crippen LogP contribution < -0.4 is 4.52 Å². The predicted molar refractivity (Wildman–Crippen MR) is 122 cm³/mol. The maximum atomic E-state index is 9.59. The third kappa shape index (κ3) is 4.65. The second-order valence-electron chi connectivity index (χ2n) is 6.77. The zero-order chi connectivity index (χ0) is 20.8. The molecule has 0 aliphatic heterocycles. The van der Waals surface area contributed by atoms with E-state index in [1.54, 1.807) is 6.07 Å². The first-order valence-electron chi connectivity index (χ1n) is 9.44. The van der Waals surface area contributed by atoms with Gasteiger partial charge in [0.15, 0.2) is 0 Å². The van der Waals surface area contributed by atoms with Crippen molar-refractivity contribution in [3.05, 3.63) is 103 Å². The van der Waals surface area contributed by atoms with Crippen molar-refractivity contribution in [3.63, 3.8) is 0 Å². The highest BCUT2D eigenvalue weighted by atomic mass is 31.2. The van der Waals surface area contributed by atoms with Gasteiger partial charge in [-0.25, -0.2) is 0 Å². The molecule has 148 valence electrons. The molecule has 0 heterocycles. The van der Waals surface area contributed by atoms with Gasteiger partial charge in [-0.05, 0) is 59.2 Å². The zero-order valence-electron chi connectivity index (χ0n) is 16.5. The van der Waals surface area contributed by atoms with Crippen LogP contribution in [-0.4, -0.2) is 9.79 Å². The number of benzene rings is 3. The van der Waals surface area contributed by atoms with Gasteiger partial charge in [0.25, 0.3) is 0 Å². The molecule has 0 spiro atoms. The van der Waals surface area contributed by atoms with Crippen LogP contribution in [0.15, 0.2) is 86.0 Å². The van der Waals surface area contributed by atoms with Gasteiger partial charge in [-0.15, -0.1) is 13.2 Å². The SMILES string of the molecule is C=CCc1ccccc1-c1c(C)ccc(OP(O)O)c1-c1ccccc1CC=C. The summed E-state index contributed by atoms with van der Waals surface area (Å²) in [5, 5.41) is 0. The van der Waals surface area contributed by atoms with Gasteiger partial charge >= 0.3 is 8.60 Å². The van der Waals surface area contributed by atoms with E-state index in [0.717, 1.165) is 45.4 Å². The van der Waals surface area contributed by atoms with Gasteiger partial charge in [0.2, 0.25) is 0 Å². The van der Waals surface area contributed by atoms with E-state index >= 15 is 0 Å². The molecule has 0 atom stereocenters. The molecule has 3 aromatic rings. The van der Waals surface area contributed by atoms with E-state index < -0.39 is 8.60 Å². The van der Waals surface area contributed by atoms with E-state index in [9.17, 15) is 9.79 Å². The zero-order valence-corrected chi connectivity index (χ0v) is 17.4. The summed E-state index contributed by atoms with van der Waals surface area (Å²) >= 11 is 0. The van der Waals surface area contributed by atoms with Crippen LogP contribution in [0.2, 0.25) is 0 Å². The Hall–Kier alpha value is -2.71. The highest BCUT2D eigenvalue weighted by Gasteiger charge is 2.21. The van der Waals surface area contributed by atoms with Crippen LogP contribution in [0.3, 0.4) is 0 Å². The average Bonchev–Trinajstić information content (AvgIpc) is 2.70. The summed E-state index contributed by atoms with van der Waals surface area (Å²) in [6, 6.07) is 20.0. The molecule has 0 amide bonds. The Bertz CT molecular complexity index is 1020. The molecular formula is C25H25O3P. The van der Waals surface area contributed by atoms with Crippen LogP contribution in [-0.2, 0) is 12.8 Å². The molecule has 0 saturated heterocycles. The lowest BCUT2D eigenvalue weighted by Gasteiger charge is -2.21. The Morgan fingerprint density at radius 3 is 1.83 bits per heavy atom. The molecular weight excluding hydrogens is 379 g/mol. The summed E-state index contributed by atoms with van der Waals surface area (Å²) in [7, 11) is -2.54. The Balaban J connectivity index is 2.38. The summed E-state index contributed by atoms with van der Waals surface area (Å²) in [5.74, 6) is 0.451. The number of aryl methyl sites for hydroxylation is 1. The molecule has 4 heteroatoms. The standard InChI is InChI=1S/C25H25O3P/c1-4-10-19-12-6-8-14-21(19)24-18(3)16-17-23(28-29(26)27)25(24)22-15-9-7-13-20(22)11-5-2/h4-9,12-17,26-27H,1-2,10-11H2,3H3. The van der Waals surface area contributed by atoms with E-state index in [1.165, 1.54) is 0 Å². The molecule has 0 unspecified atom stereocenters. The summed E-state index contributed by atoms with van der Waals surface area (Å²) in [5.41, 5.74) is 7.28. The third-order valence-electron chi connectivity index (χ3n) is 4.86. The lowest BCUT2D eigenvalue weighted by atomic mass is 9.85. The van der Waals surface area contributed by atoms with Gasteiger partial charge in [-0.3, -0.25) is 0 Å². The van der Waals surface area contributed by atoms with Gasteiger partial charge in [0.05, 0.1) is 0 Å². The van der Waals surface area contributed by atoms with E-state index in [4.69, 9.17) is 4.52 Å². The summed E-state index contributed by atoms with van der Waals surface area (Å²) in [6.45, 7) is 9.83. The number of hydrogen-bond acceptors (Lipinski definition) is 3. The molecule has 0 bridgehead atoms. The van der Waals surface area contributed by atoms with Gasteiger partial charge in [-0.2, -0.15) is 0 Å². The first kappa shape index (κ1) is 21.0. The number of allylic oxidation sites excluding steroid dienone is 2. The van der Waals surface area contributed by atoms with Gasteiger partial charge < -0.3 is 14.3 Å².